The number of nitrogens with zero attached hydrogens (tertiary/aromatic N) is 1. The molecule has 118 valence electrons. The van der Waals surface area contributed by atoms with E-state index in [1.54, 1.807) is 44.2 Å². The van der Waals surface area contributed by atoms with E-state index in [1.165, 1.54) is 16.7 Å². The number of aryl methyl sites for hydroxylation is 1. The molecule has 3 aromatic rings. The van der Waals surface area contributed by atoms with E-state index >= 15 is 0 Å². The van der Waals surface area contributed by atoms with Crippen molar-refractivity contribution in [3.8, 4) is 0 Å². The van der Waals surface area contributed by atoms with Gasteiger partial charge in [-0.3, -0.25) is 9.36 Å². The van der Waals surface area contributed by atoms with Gasteiger partial charge in [-0.2, -0.15) is 0 Å². The summed E-state index contributed by atoms with van der Waals surface area (Å²) < 4.78 is 19.7. The average Bonchev–Trinajstić information content (AvgIpc) is 2.86. The van der Waals surface area contributed by atoms with Crippen molar-refractivity contribution in [3.63, 3.8) is 0 Å². The van der Waals surface area contributed by atoms with E-state index in [-0.39, 0.29) is 0 Å². The Bertz CT molecular complexity index is 942. The molecule has 0 saturated heterocycles. The van der Waals surface area contributed by atoms with Crippen LogP contribution in [-0.2, 0) is 4.79 Å². The predicted octanol–water partition coefficient (Wildman–Crippen LogP) is 3.24. The Morgan fingerprint density at radius 2 is 2.00 bits per heavy atom. The van der Waals surface area contributed by atoms with Crippen molar-refractivity contribution in [3.05, 3.63) is 64.4 Å². The molecule has 1 unspecified atom stereocenters. The minimum Gasteiger partial charge on any atom is -0.408 e. The Hall–Kier alpha value is -2.89. The highest BCUT2D eigenvalue weighted by atomic mass is 19.1. The third kappa shape index (κ3) is 2.75. The third-order valence-corrected chi connectivity index (χ3v) is 3.74. The Morgan fingerprint density at radius 1 is 1.26 bits per heavy atom. The number of oxazole rings is 1. The number of fused-ring (bicyclic) bond motifs is 1. The fraction of sp³-hybridized carbons (Fsp3) is 0.176. The van der Waals surface area contributed by atoms with Crippen LogP contribution in [0, 0.1) is 12.7 Å². The maximum absolute atomic E-state index is 13.3. The number of para-hydroxylation sites is 2. The van der Waals surface area contributed by atoms with Gasteiger partial charge in [-0.15, -0.1) is 0 Å². The fourth-order valence-electron chi connectivity index (χ4n) is 2.43. The molecular weight excluding hydrogens is 299 g/mol. The van der Waals surface area contributed by atoms with Gasteiger partial charge >= 0.3 is 5.76 Å². The number of carbonyl (C=O) groups excluding carboxylic acids is 1. The van der Waals surface area contributed by atoms with Gasteiger partial charge in [-0.1, -0.05) is 18.2 Å². The first-order valence-corrected chi connectivity index (χ1v) is 7.14. The van der Waals surface area contributed by atoms with Gasteiger partial charge in [0.15, 0.2) is 5.58 Å². The molecule has 6 heteroatoms. The van der Waals surface area contributed by atoms with Gasteiger partial charge in [0.25, 0.3) is 0 Å². The second-order valence-electron chi connectivity index (χ2n) is 5.33. The summed E-state index contributed by atoms with van der Waals surface area (Å²) in [5.74, 6) is -1.47. The maximum atomic E-state index is 13.3. The van der Waals surface area contributed by atoms with E-state index in [9.17, 15) is 14.0 Å². The third-order valence-electron chi connectivity index (χ3n) is 3.74. The van der Waals surface area contributed by atoms with Gasteiger partial charge in [-0.05, 0) is 43.7 Å². The van der Waals surface area contributed by atoms with Gasteiger partial charge in [0.05, 0.1) is 5.52 Å². The van der Waals surface area contributed by atoms with E-state index in [4.69, 9.17) is 4.42 Å². The van der Waals surface area contributed by atoms with Crippen molar-refractivity contribution >= 4 is 22.7 Å². The molecule has 2 aromatic carbocycles. The first-order valence-electron chi connectivity index (χ1n) is 7.14. The zero-order chi connectivity index (χ0) is 16.6. The molecule has 1 aromatic heterocycles. The van der Waals surface area contributed by atoms with Gasteiger partial charge in [0.1, 0.15) is 11.9 Å². The summed E-state index contributed by atoms with van der Waals surface area (Å²) >= 11 is 0. The van der Waals surface area contributed by atoms with Gasteiger partial charge in [0, 0.05) is 5.69 Å². The molecule has 0 aliphatic rings. The quantitative estimate of drug-likeness (QED) is 0.807. The highest BCUT2D eigenvalue weighted by Gasteiger charge is 2.21. The summed E-state index contributed by atoms with van der Waals surface area (Å²) in [4.78, 5) is 24.4. The molecule has 23 heavy (non-hydrogen) atoms. The monoisotopic (exact) mass is 314 g/mol. The highest BCUT2D eigenvalue weighted by Crippen LogP contribution is 2.20. The summed E-state index contributed by atoms with van der Waals surface area (Å²) in [6.07, 6.45) is 0. The summed E-state index contributed by atoms with van der Waals surface area (Å²) in [7, 11) is 0. The summed E-state index contributed by atoms with van der Waals surface area (Å²) in [6.45, 7) is 3.35. The fourth-order valence-corrected chi connectivity index (χ4v) is 2.43. The zero-order valence-corrected chi connectivity index (χ0v) is 12.7. The molecule has 0 radical (unpaired) electrons. The SMILES string of the molecule is Cc1ccc(F)cc1NC(=O)C(C)n1c(=O)oc2ccccc21. The smallest absolute Gasteiger partial charge is 0.408 e. The number of halogens is 1. The Kier molecular flexibility index (Phi) is 3.73. The molecule has 0 saturated carbocycles. The number of hydrogen-bond donors (Lipinski definition) is 1. The van der Waals surface area contributed by atoms with Crippen LogP contribution in [0.5, 0.6) is 0 Å². The molecule has 0 aliphatic heterocycles. The van der Waals surface area contributed by atoms with Crippen LogP contribution in [0.2, 0.25) is 0 Å². The number of aromatic nitrogens is 1. The number of hydrogen-bond acceptors (Lipinski definition) is 3. The standard InChI is InChI=1S/C17H15FN2O3/c1-10-7-8-12(18)9-13(10)19-16(21)11(2)20-14-5-3-4-6-15(14)23-17(20)22/h3-9,11H,1-2H3,(H,19,21). The second-order valence-corrected chi connectivity index (χ2v) is 5.33. The molecule has 0 fully saturated rings. The maximum Gasteiger partial charge on any atom is 0.420 e. The van der Waals surface area contributed by atoms with Gasteiger partial charge in [-0.25, -0.2) is 9.18 Å². The minimum absolute atomic E-state index is 0.377. The summed E-state index contributed by atoms with van der Waals surface area (Å²) in [6, 6.07) is 10.2. The molecule has 1 N–H and O–H groups in total. The summed E-state index contributed by atoms with van der Waals surface area (Å²) in [5, 5.41) is 2.65. The van der Waals surface area contributed by atoms with E-state index in [0.29, 0.717) is 16.8 Å². The number of carbonyl (C=O) groups is 1. The number of anilines is 1. The molecule has 1 atom stereocenters. The average molecular weight is 314 g/mol. The van der Waals surface area contributed by atoms with Crippen LogP contribution in [0.15, 0.2) is 51.7 Å². The molecular formula is C17H15FN2O3. The predicted molar refractivity (Wildman–Crippen MR) is 85.0 cm³/mol. The summed E-state index contributed by atoms with van der Waals surface area (Å²) in [5.41, 5.74) is 2.06. The Labute approximate surface area is 131 Å². The number of amides is 1. The van der Waals surface area contributed by atoms with Crippen molar-refractivity contribution in [1.82, 2.24) is 4.57 Å². The lowest BCUT2D eigenvalue weighted by Crippen LogP contribution is -2.29. The molecule has 5 nitrogen and oxygen atoms in total. The molecule has 1 amide bonds. The largest absolute Gasteiger partial charge is 0.420 e. The van der Waals surface area contributed by atoms with E-state index < -0.39 is 23.5 Å². The van der Waals surface area contributed by atoms with Crippen LogP contribution in [0.4, 0.5) is 10.1 Å². The van der Waals surface area contributed by atoms with Crippen LogP contribution >= 0.6 is 0 Å². The van der Waals surface area contributed by atoms with Crippen molar-refractivity contribution in [2.45, 2.75) is 19.9 Å². The first kappa shape index (κ1) is 15.0. The topological polar surface area (TPSA) is 64.2 Å². The highest BCUT2D eigenvalue weighted by molar-refractivity contribution is 5.95. The molecule has 1 heterocycles. The van der Waals surface area contributed by atoms with Crippen LogP contribution in [-0.4, -0.2) is 10.5 Å². The van der Waals surface area contributed by atoms with Crippen LogP contribution < -0.4 is 11.1 Å². The zero-order valence-electron chi connectivity index (χ0n) is 12.7. The lowest BCUT2D eigenvalue weighted by Gasteiger charge is -2.14. The second kappa shape index (κ2) is 5.72. The van der Waals surface area contributed by atoms with Gasteiger partial charge < -0.3 is 9.73 Å². The number of nitrogens with one attached hydrogen (secondary N) is 1. The Morgan fingerprint density at radius 3 is 2.78 bits per heavy atom. The lowest BCUT2D eigenvalue weighted by atomic mass is 10.2. The van der Waals surface area contributed by atoms with E-state index in [2.05, 4.69) is 5.32 Å². The normalized spacial score (nSPS) is 12.3. The van der Waals surface area contributed by atoms with Crippen molar-refractivity contribution in [2.75, 3.05) is 5.32 Å². The molecule has 0 spiro atoms. The Balaban J connectivity index is 1.94. The lowest BCUT2D eigenvalue weighted by molar-refractivity contribution is -0.118. The minimum atomic E-state index is -0.797. The van der Waals surface area contributed by atoms with Gasteiger partial charge in [0.2, 0.25) is 5.91 Å². The van der Waals surface area contributed by atoms with Crippen molar-refractivity contribution in [2.24, 2.45) is 0 Å². The first-order chi connectivity index (χ1) is 11.0. The van der Waals surface area contributed by atoms with E-state index in [0.717, 1.165) is 5.56 Å². The number of rotatable bonds is 3. The van der Waals surface area contributed by atoms with Crippen molar-refractivity contribution in [1.29, 1.82) is 0 Å². The number of benzene rings is 2. The van der Waals surface area contributed by atoms with E-state index in [1.807, 2.05) is 0 Å². The van der Waals surface area contributed by atoms with Crippen molar-refractivity contribution < 1.29 is 13.6 Å². The molecule has 0 bridgehead atoms. The molecule has 3 rings (SSSR count). The van der Waals surface area contributed by atoms with Crippen LogP contribution in [0.3, 0.4) is 0 Å². The van der Waals surface area contributed by atoms with Crippen LogP contribution in [0.25, 0.3) is 11.1 Å². The van der Waals surface area contributed by atoms with Crippen LogP contribution in [0.1, 0.15) is 18.5 Å². The molecule has 0 aliphatic carbocycles.